The minimum Gasteiger partial charge on any atom is -0.354 e. The molecule has 130 valence electrons. The lowest BCUT2D eigenvalue weighted by Crippen LogP contribution is -2.39. The molecule has 0 bridgehead atoms. The van der Waals surface area contributed by atoms with Gasteiger partial charge in [0.1, 0.15) is 5.82 Å². The van der Waals surface area contributed by atoms with Crippen LogP contribution in [-0.4, -0.2) is 44.5 Å². The maximum atomic E-state index is 12.8. The smallest absolute Gasteiger partial charge is 0.224 e. The van der Waals surface area contributed by atoms with Gasteiger partial charge in [0.25, 0.3) is 0 Å². The number of nitrogens with one attached hydrogen (secondary N) is 1. The van der Waals surface area contributed by atoms with Crippen LogP contribution in [-0.2, 0) is 21.2 Å². The van der Waals surface area contributed by atoms with Crippen LogP contribution in [0, 0.1) is 11.7 Å². The lowest BCUT2D eigenvalue weighted by atomic mass is 10.1. The molecule has 5 nitrogen and oxygen atoms in total. The van der Waals surface area contributed by atoms with Gasteiger partial charge in [-0.3, -0.25) is 4.79 Å². The molecule has 0 aliphatic carbocycles. The van der Waals surface area contributed by atoms with Crippen molar-refractivity contribution in [2.75, 3.05) is 25.9 Å². The van der Waals surface area contributed by atoms with Crippen LogP contribution in [0.4, 0.5) is 4.39 Å². The van der Waals surface area contributed by atoms with Crippen molar-refractivity contribution >= 4 is 15.9 Å². The Balaban J connectivity index is 2.42. The third kappa shape index (κ3) is 8.08. The van der Waals surface area contributed by atoms with Crippen molar-refractivity contribution in [1.29, 1.82) is 0 Å². The molecule has 0 unspecified atom stereocenters. The van der Waals surface area contributed by atoms with Gasteiger partial charge in [-0.1, -0.05) is 26.0 Å². The van der Waals surface area contributed by atoms with Gasteiger partial charge in [0.2, 0.25) is 15.9 Å². The number of carbonyl (C=O) groups excluding carboxylic acids is 1. The molecule has 0 aromatic heterocycles. The Labute approximate surface area is 137 Å². The zero-order valence-electron chi connectivity index (χ0n) is 13.9. The number of benzene rings is 1. The molecule has 1 aromatic carbocycles. The predicted molar refractivity (Wildman–Crippen MR) is 89.0 cm³/mol. The number of nitrogens with zero attached hydrogens (tertiary/aromatic N) is 1. The number of carbonyl (C=O) groups is 1. The molecule has 0 heterocycles. The van der Waals surface area contributed by atoms with Gasteiger partial charge < -0.3 is 5.32 Å². The van der Waals surface area contributed by atoms with E-state index in [0.717, 1.165) is 6.42 Å². The zero-order valence-corrected chi connectivity index (χ0v) is 14.7. The number of rotatable bonds is 9. The molecule has 1 N–H and O–H groups in total. The lowest BCUT2D eigenvalue weighted by Gasteiger charge is -2.21. The van der Waals surface area contributed by atoms with Crippen LogP contribution in [0.3, 0.4) is 0 Å². The molecule has 0 spiro atoms. The maximum Gasteiger partial charge on any atom is 0.224 e. The Morgan fingerprint density at radius 1 is 1.22 bits per heavy atom. The van der Waals surface area contributed by atoms with E-state index in [9.17, 15) is 17.6 Å². The van der Waals surface area contributed by atoms with Crippen molar-refractivity contribution in [3.8, 4) is 0 Å². The maximum absolute atomic E-state index is 12.8. The highest BCUT2D eigenvalue weighted by atomic mass is 32.2. The predicted octanol–water partition coefficient (Wildman–Crippen LogP) is 1.79. The Morgan fingerprint density at radius 2 is 1.83 bits per heavy atom. The van der Waals surface area contributed by atoms with Crippen LogP contribution in [0.15, 0.2) is 24.3 Å². The Hall–Kier alpha value is -1.47. The summed E-state index contributed by atoms with van der Waals surface area (Å²) in [6, 6.07) is 5.72. The van der Waals surface area contributed by atoms with E-state index in [4.69, 9.17) is 0 Å². The zero-order chi connectivity index (χ0) is 17.5. The molecule has 1 aromatic rings. The molecule has 0 aliphatic heterocycles. The number of halogens is 1. The Bertz CT molecular complexity index is 600. The van der Waals surface area contributed by atoms with Gasteiger partial charge in [-0.15, -0.1) is 0 Å². The van der Waals surface area contributed by atoms with Crippen molar-refractivity contribution in [2.45, 2.75) is 26.7 Å². The second-order valence-corrected chi connectivity index (χ2v) is 7.98. The van der Waals surface area contributed by atoms with E-state index in [1.807, 2.05) is 13.8 Å². The molecule has 1 rings (SSSR count). The average Bonchev–Trinajstić information content (AvgIpc) is 2.43. The summed E-state index contributed by atoms with van der Waals surface area (Å²) in [6.45, 7) is 5.02. The van der Waals surface area contributed by atoms with Crippen LogP contribution in [0.2, 0.25) is 0 Å². The molecule has 0 fully saturated rings. The van der Waals surface area contributed by atoms with Crippen molar-refractivity contribution in [1.82, 2.24) is 9.62 Å². The monoisotopic (exact) mass is 344 g/mol. The highest BCUT2D eigenvalue weighted by Gasteiger charge is 2.16. The summed E-state index contributed by atoms with van der Waals surface area (Å²) >= 11 is 0. The average molecular weight is 344 g/mol. The van der Waals surface area contributed by atoms with Gasteiger partial charge in [0.05, 0.1) is 12.7 Å². The van der Waals surface area contributed by atoms with E-state index in [1.54, 1.807) is 12.1 Å². The quantitative estimate of drug-likeness (QED) is 0.743. The van der Waals surface area contributed by atoms with Crippen LogP contribution < -0.4 is 5.32 Å². The fourth-order valence-corrected chi connectivity index (χ4v) is 2.88. The summed E-state index contributed by atoms with van der Waals surface area (Å²) in [5.41, 5.74) is 0.712. The van der Waals surface area contributed by atoms with Crippen LogP contribution in [0.1, 0.15) is 25.8 Å². The molecule has 1 amide bonds. The van der Waals surface area contributed by atoms with Gasteiger partial charge in [0.15, 0.2) is 0 Å². The van der Waals surface area contributed by atoms with Crippen molar-refractivity contribution in [3.63, 3.8) is 0 Å². The van der Waals surface area contributed by atoms with Gasteiger partial charge in [-0.2, -0.15) is 0 Å². The Kier molecular flexibility index (Phi) is 7.64. The SMILES string of the molecule is CC(C)CCN(CCNC(=O)Cc1ccc(F)cc1)S(C)(=O)=O. The van der Waals surface area contributed by atoms with Crippen LogP contribution in [0.5, 0.6) is 0 Å². The highest BCUT2D eigenvalue weighted by molar-refractivity contribution is 7.88. The lowest BCUT2D eigenvalue weighted by molar-refractivity contribution is -0.120. The van der Waals surface area contributed by atoms with Gasteiger partial charge in [-0.05, 0) is 30.0 Å². The molecule has 0 radical (unpaired) electrons. The van der Waals surface area contributed by atoms with Crippen LogP contribution in [0.25, 0.3) is 0 Å². The van der Waals surface area contributed by atoms with E-state index >= 15 is 0 Å². The fourth-order valence-electron chi connectivity index (χ4n) is 2.02. The van der Waals surface area contributed by atoms with E-state index in [-0.39, 0.29) is 31.2 Å². The minimum atomic E-state index is -3.28. The van der Waals surface area contributed by atoms with Gasteiger partial charge in [0, 0.05) is 19.6 Å². The first-order chi connectivity index (χ1) is 10.7. The summed E-state index contributed by atoms with van der Waals surface area (Å²) < 4.78 is 37.6. The molecular weight excluding hydrogens is 319 g/mol. The van der Waals surface area contributed by atoms with Crippen molar-refractivity contribution in [3.05, 3.63) is 35.6 Å². The molecule has 0 saturated carbocycles. The number of amides is 1. The molecule has 23 heavy (non-hydrogen) atoms. The van der Waals surface area contributed by atoms with Gasteiger partial charge >= 0.3 is 0 Å². The van der Waals surface area contributed by atoms with E-state index < -0.39 is 10.0 Å². The number of hydrogen-bond acceptors (Lipinski definition) is 3. The van der Waals surface area contributed by atoms with Crippen molar-refractivity contribution in [2.24, 2.45) is 5.92 Å². The fraction of sp³-hybridized carbons (Fsp3) is 0.562. The third-order valence-corrected chi connectivity index (χ3v) is 4.69. The first kappa shape index (κ1) is 19.6. The first-order valence-electron chi connectivity index (χ1n) is 7.64. The normalized spacial score (nSPS) is 11.9. The summed E-state index contributed by atoms with van der Waals surface area (Å²) in [5, 5.41) is 2.70. The summed E-state index contributed by atoms with van der Waals surface area (Å²) in [6.07, 6.45) is 2.09. The topological polar surface area (TPSA) is 66.5 Å². The molecule has 0 atom stereocenters. The highest BCUT2D eigenvalue weighted by Crippen LogP contribution is 2.06. The number of hydrogen-bond donors (Lipinski definition) is 1. The third-order valence-electron chi connectivity index (χ3n) is 3.39. The van der Waals surface area contributed by atoms with E-state index in [1.165, 1.54) is 22.7 Å². The van der Waals surface area contributed by atoms with Crippen molar-refractivity contribution < 1.29 is 17.6 Å². The summed E-state index contributed by atoms with van der Waals surface area (Å²) in [5.74, 6) is -0.149. The summed E-state index contributed by atoms with van der Waals surface area (Å²) in [7, 11) is -3.28. The molecule has 7 heteroatoms. The van der Waals surface area contributed by atoms with Gasteiger partial charge in [-0.25, -0.2) is 17.1 Å². The molecular formula is C16H25FN2O3S. The largest absolute Gasteiger partial charge is 0.354 e. The van der Waals surface area contributed by atoms with E-state index in [0.29, 0.717) is 18.0 Å². The standard InChI is InChI=1S/C16H25FN2O3S/c1-13(2)8-10-19(23(3,21)22)11-9-18-16(20)12-14-4-6-15(17)7-5-14/h4-7,13H,8-12H2,1-3H3,(H,18,20). The number of sulfonamides is 1. The summed E-state index contributed by atoms with van der Waals surface area (Å²) in [4.78, 5) is 11.8. The first-order valence-corrected chi connectivity index (χ1v) is 9.49. The molecule has 0 saturated heterocycles. The Morgan fingerprint density at radius 3 is 2.35 bits per heavy atom. The second kappa shape index (κ2) is 8.98. The second-order valence-electron chi connectivity index (χ2n) is 6.00. The molecule has 0 aliphatic rings. The van der Waals surface area contributed by atoms with Crippen LogP contribution >= 0.6 is 0 Å². The minimum absolute atomic E-state index is 0.144. The van der Waals surface area contributed by atoms with E-state index in [2.05, 4.69) is 5.32 Å².